The summed E-state index contributed by atoms with van der Waals surface area (Å²) in [6.45, 7) is 1.51. The highest BCUT2D eigenvalue weighted by molar-refractivity contribution is 6.32. The van der Waals surface area contributed by atoms with E-state index in [1.165, 1.54) is 6.92 Å². The van der Waals surface area contributed by atoms with Crippen molar-refractivity contribution >= 4 is 29.0 Å². The molecule has 2 fully saturated rings. The third-order valence-corrected chi connectivity index (χ3v) is 5.78. The van der Waals surface area contributed by atoms with E-state index in [4.69, 9.17) is 21.1 Å². The van der Waals surface area contributed by atoms with E-state index in [1.807, 2.05) is 0 Å². The Kier molecular flexibility index (Phi) is 5.76. The molecule has 152 valence electrons. The number of carbonyl (C=O) groups excluding carboxylic acids is 2. The average molecular weight is 414 g/mol. The Morgan fingerprint density at radius 2 is 1.55 bits per heavy atom. The van der Waals surface area contributed by atoms with E-state index in [-0.39, 0.29) is 23.9 Å². The molecule has 4 rings (SSSR count). The number of ketones is 1. The van der Waals surface area contributed by atoms with Gasteiger partial charge in [0.2, 0.25) is 0 Å². The van der Waals surface area contributed by atoms with Gasteiger partial charge in [0.1, 0.15) is 0 Å². The summed E-state index contributed by atoms with van der Waals surface area (Å²) in [5.41, 5.74) is 1.60. The molecule has 5 nitrogen and oxygen atoms in total. The fourth-order valence-electron chi connectivity index (χ4n) is 3.22. The monoisotopic (exact) mass is 413 g/mol. The van der Waals surface area contributed by atoms with Crippen LogP contribution in [0.25, 0.3) is 0 Å². The van der Waals surface area contributed by atoms with Gasteiger partial charge < -0.3 is 14.8 Å². The van der Waals surface area contributed by atoms with Gasteiger partial charge in [-0.15, -0.1) is 0 Å². The van der Waals surface area contributed by atoms with Gasteiger partial charge in [-0.3, -0.25) is 9.59 Å². The van der Waals surface area contributed by atoms with Crippen LogP contribution in [0.15, 0.2) is 36.4 Å². The van der Waals surface area contributed by atoms with Crippen LogP contribution >= 0.6 is 11.6 Å². The predicted molar refractivity (Wildman–Crippen MR) is 112 cm³/mol. The molecule has 0 unspecified atom stereocenters. The van der Waals surface area contributed by atoms with E-state index in [1.54, 1.807) is 36.4 Å². The van der Waals surface area contributed by atoms with E-state index in [9.17, 15) is 9.59 Å². The maximum atomic E-state index is 12.8. The van der Waals surface area contributed by atoms with Crippen LogP contribution in [0.4, 0.5) is 5.69 Å². The minimum atomic E-state index is -0.295. The summed E-state index contributed by atoms with van der Waals surface area (Å²) in [6, 6.07) is 10.1. The van der Waals surface area contributed by atoms with Crippen LogP contribution in [0.2, 0.25) is 5.02 Å². The first kappa shape index (κ1) is 19.8. The molecule has 29 heavy (non-hydrogen) atoms. The van der Waals surface area contributed by atoms with E-state index >= 15 is 0 Å². The Morgan fingerprint density at radius 3 is 2.10 bits per heavy atom. The molecule has 0 radical (unpaired) electrons. The summed E-state index contributed by atoms with van der Waals surface area (Å²) in [5.74, 6) is 0.752. The molecule has 0 atom stereocenters. The van der Waals surface area contributed by atoms with E-state index in [0.29, 0.717) is 33.3 Å². The molecular weight excluding hydrogens is 390 g/mol. The maximum Gasteiger partial charge on any atom is 0.255 e. The van der Waals surface area contributed by atoms with Gasteiger partial charge in [-0.25, -0.2) is 0 Å². The summed E-state index contributed by atoms with van der Waals surface area (Å²) < 4.78 is 12.1. The van der Waals surface area contributed by atoms with Crippen LogP contribution in [-0.2, 0) is 0 Å². The fraction of sp³-hybridized carbons (Fsp3) is 0.391. The highest BCUT2D eigenvalue weighted by atomic mass is 35.5. The second-order valence-electron chi connectivity index (χ2n) is 7.71. The van der Waals surface area contributed by atoms with Crippen LogP contribution < -0.4 is 14.8 Å². The first-order valence-corrected chi connectivity index (χ1v) is 10.5. The summed E-state index contributed by atoms with van der Waals surface area (Å²) in [7, 11) is 0. The predicted octanol–water partition coefficient (Wildman–Crippen LogP) is 5.66. The van der Waals surface area contributed by atoms with Crippen molar-refractivity contribution in [3.05, 3.63) is 52.5 Å². The molecule has 6 heteroatoms. The summed E-state index contributed by atoms with van der Waals surface area (Å²) in [6.07, 6.45) is 6.63. The Balaban J connectivity index is 1.55. The summed E-state index contributed by atoms with van der Waals surface area (Å²) in [4.78, 5) is 24.2. The van der Waals surface area contributed by atoms with Gasteiger partial charge in [-0.1, -0.05) is 11.6 Å². The number of halogens is 1. The molecule has 1 N–H and O–H groups in total. The lowest BCUT2D eigenvalue weighted by Gasteiger charge is -2.31. The van der Waals surface area contributed by atoms with Gasteiger partial charge in [0.25, 0.3) is 5.91 Å². The molecule has 2 aromatic carbocycles. The molecule has 0 saturated heterocycles. The number of carbonyl (C=O) groups is 2. The summed E-state index contributed by atoms with van der Waals surface area (Å²) in [5, 5.41) is 3.22. The molecule has 0 heterocycles. The molecule has 2 aliphatic rings. The third kappa shape index (κ3) is 4.56. The lowest BCUT2D eigenvalue weighted by molar-refractivity contribution is 0.0903. The molecule has 2 aromatic rings. The molecule has 2 saturated carbocycles. The van der Waals surface area contributed by atoms with Crippen molar-refractivity contribution in [3.8, 4) is 11.5 Å². The molecule has 0 bridgehead atoms. The van der Waals surface area contributed by atoms with Gasteiger partial charge in [0, 0.05) is 16.8 Å². The van der Waals surface area contributed by atoms with Crippen molar-refractivity contribution in [3.63, 3.8) is 0 Å². The maximum absolute atomic E-state index is 12.8. The normalized spacial score (nSPS) is 16.5. The van der Waals surface area contributed by atoms with E-state index in [0.717, 1.165) is 38.5 Å². The Hall–Kier alpha value is -2.53. The lowest BCUT2D eigenvalue weighted by atomic mass is 9.95. The number of Topliss-reactive ketones (excluding diaryl/α,β-unsaturated/α-hetero) is 1. The van der Waals surface area contributed by atoms with Crippen molar-refractivity contribution in [1.29, 1.82) is 0 Å². The third-order valence-electron chi connectivity index (χ3n) is 5.50. The van der Waals surface area contributed by atoms with E-state index < -0.39 is 0 Å². The number of hydrogen-bond acceptors (Lipinski definition) is 4. The van der Waals surface area contributed by atoms with Gasteiger partial charge >= 0.3 is 0 Å². The SMILES string of the molecule is CC(=O)c1ccc(NC(=O)c2cc(Cl)c(OC3CCC3)c(OC3CCC3)c2)cc1. The fourth-order valence-corrected chi connectivity index (χ4v) is 3.47. The lowest BCUT2D eigenvalue weighted by Crippen LogP contribution is -2.27. The second-order valence-corrected chi connectivity index (χ2v) is 8.12. The van der Waals surface area contributed by atoms with Crippen LogP contribution in [0, 0.1) is 0 Å². The van der Waals surface area contributed by atoms with Gasteiger partial charge in [0.05, 0.1) is 17.2 Å². The number of anilines is 1. The Labute approximate surface area is 175 Å². The molecule has 0 aromatic heterocycles. The number of benzene rings is 2. The zero-order valence-electron chi connectivity index (χ0n) is 16.4. The molecule has 1 amide bonds. The molecular formula is C23H24ClNO4. The van der Waals surface area contributed by atoms with Crippen molar-refractivity contribution in [2.24, 2.45) is 0 Å². The van der Waals surface area contributed by atoms with Crippen molar-refractivity contribution < 1.29 is 19.1 Å². The minimum Gasteiger partial charge on any atom is -0.486 e. The molecule has 0 aliphatic heterocycles. The highest BCUT2D eigenvalue weighted by Crippen LogP contribution is 2.41. The topological polar surface area (TPSA) is 64.6 Å². The standard InChI is InChI=1S/C23H24ClNO4/c1-14(26)15-8-10-17(11-9-15)25-23(27)16-12-20(24)22(29-19-6-3-7-19)21(13-16)28-18-4-2-5-18/h8-13,18-19H,2-7H2,1H3,(H,25,27). The van der Waals surface area contributed by atoms with E-state index in [2.05, 4.69) is 5.32 Å². The first-order valence-electron chi connectivity index (χ1n) is 10.1. The quantitative estimate of drug-likeness (QED) is 0.595. The van der Waals surface area contributed by atoms with Crippen LogP contribution in [-0.4, -0.2) is 23.9 Å². The zero-order valence-corrected chi connectivity index (χ0v) is 17.1. The van der Waals surface area contributed by atoms with Gasteiger partial charge in [-0.05, 0) is 81.8 Å². The minimum absolute atomic E-state index is 0.0190. The number of rotatable bonds is 7. The largest absolute Gasteiger partial charge is 0.486 e. The second kappa shape index (κ2) is 8.46. The number of ether oxygens (including phenoxy) is 2. The number of nitrogens with one attached hydrogen (secondary N) is 1. The summed E-state index contributed by atoms with van der Waals surface area (Å²) >= 11 is 6.48. The smallest absolute Gasteiger partial charge is 0.255 e. The van der Waals surface area contributed by atoms with Crippen LogP contribution in [0.5, 0.6) is 11.5 Å². The average Bonchev–Trinajstić information content (AvgIpc) is 2.62. The van der Waals surface area contributed by atoms with Crippen LogP contribution in [0.3, 0.4) is 0 Å². The van der Waals surface area contributed by atoms with Gasteiger partial charge in [0.15, 0.2) is 17.3 Å². The van der Waals surface area contributed by atoms with Crippen molar-refractivity contribution in [1.82, 2.24) is 0 Å². The Bertz CT molecular complexity index is 917. The zero-order chi connectivity index (χ0) is 20.4. The molecule has 0 spiro atoms. The van der Waals surface area contributed by atoms with Gasteiger partial charge in [-0.2, -0.15) is 0 Å². The van der Waals surface area contributed by atoms with Crippen molar-refractivity contribution in [2.75, 3.05) is 5.32 Å². The first-order chi connectivity index (χ1) is 14.0. The highest BCUT2D eigenvalue weighted by Gasteiger charge is 2.27. The molecule has 2 aliphatic carbocycles. The van der Waals surface area contributed by atoms with Crippen LogP contribution in [0.1, 0.15) is 66.2 Å². The number of hydrogen-bond donors (Lipinski definition) is 1. The Morgan fingerprint density at radius 1 is 0.931 bits per heavy atom. The number of amides is 1. The van der Waals surface area contributed by atoms with Crippen molar-refractivity contribution in [2.45, 2.75) is 57.7 Å².